The highest BCUT2D eigenvalue weighted by Gasteiger charge is 1.94. The maximum atomic E-state index is 8.82. The first-order valence-electron chi connectivity index (χ1n) is 2.37. The van der Waals surface area contributed by atoms with Crippen LogP contribution in [0.25, 0.3) is 0 Å². The van der Waals surface area contributed by atoms with Crippen molar-refractivity contribution in [2.24, 2.45) is 0 Å². The van der Waals surface area contributed by atoms with E-state index in [2.05, 4.69) is 12.6 Å². The molecule has 0 aliphatic rings. The second kappa shape index (κ2) is 2.50. The van der Waals surface area contributed by atoms with Gasteiger partial charge in [0.25, 0.3) is 0 Å². The summed E-state index contributed by atoms with van der Waals surface area (Å²) in [5.41, 5.74) is 0. The number of hydrogen-bond donors (Lipinski definition) is 2. The van der Waals surface area contributed by atoms with Gasteiger partial charge in [-0.2, -0.15) is 0 Å². The zero-order chi connectivity index (χ0) is 6.85. The van der Waals surface area contributed by atoms with Crippen molar-refractivity contribution in [3.63, 3.8) is 0 Å². The molecule has 9 heavy (non-hydrogen) atoms. The Balaban J connectivity index is 3.17. The summed E-state index contributed by atoms with van der Waals surface area (Å²) in [5.74, 6) is 0.165. The highest BCUT2D eigenvalue weighted by molar-refractivity contribution is 7.80. The maximum Gasteiger partial charge on any atom is 0.117 e. The first-order chi connectivity index (χ1) is 4.20. The van der Waals surface area contributed by atoms with Gasteiger partial charge in [0.2, 0.25) is 0 Å². The van der Waals surface area contributed by atoms with E-state index in [1.165, 1.54) is 12.1 Å². The zero-order valence-electron chi connectivity index (χ0n) is 4.50. The molecule has 0 radical (unpaired) electrons. The Morgan fingerprint density at radius 1 is 1.44 bits per heavy atom. The molecular weight excluding hydrogens is 156 g/mol. The van der Waals surface area contributed by atoms with E-state index in [1.54, 1.807) is 6.07 Å². The quantitative estimate of drug-likeness (QED) is 0.559. The summed E-state index contributed by atoms with van der Waals surface area (Å²) in [6.45, 7) is 0. The van der Waals surface area contributed by atoms with Crippen molar-refractivity contribution in [3.8, 4) is 5.75 Å². The smallest absolute Gasteiger partial charge is 0.117 e. The van der Waals surface area contributed by atoms with E-state index < -0.39 is 0 Å². The lowest BCUT2D eigenvalue weighted by Gasteiger charge is -1.94. The van der Waals surface area contributed by atoms with Crippen LogP contribution < -0.4 is 0 Å². The van der Waals surface area contributed by atoms with Gasteiger partial charge in [-0.05, 0) is 18.2 Å². The van der Waals surface area contributed by atoms with Crippen molar-refractivity contribution >= 4 is 24.2 Å². The molecule has 0 saturated heterocycles. The Morgan fingerprint density at radius 2 is 2.11 bits per heavy atom. The minimum atomic E-state index is 0.165. The maximum absolute atomic E-state index is 8.82. The third-order valence-electron chi connectivity index (χ3n) is 0.931. The normalized spacial score (nSPS) is 9.56. The average molecular weight is 161 g/mol. The highest BCUT2D eigenvalue weighted by atomic mass is 35.5. The number of phenolic OH excluding ortho intramolecular Hbond substituents is 1. The average Bonchev–Trinajstić information content (AvgIpc) is 1.80. The number of halogens is 1. The van der Waals surface area contributed by atoms with Crippen molar-refractivity contribution < 1.29 is 5.11 Å². The molecule has 1 aromatic rings. The van der Waals surface area contributed by atoms with E-state index in [4.69, 9.17) is 16.7 Å². The van der Waals surface area contributed by atoms with Crippen molar-refractivity contribution in [1.82, 2.24) is 0 Å². The third kappa shape index (κ3) is 1.53. The summed E-state index contributed by atoms with van der Waals surface area (Å²) in [7, 11) is 0. The second-order valence-electron chi connectivity index (χ2n) is 1.64. The van der Waals surface area contributed by atoms with Crippen LogP contribution in [-0.4, -0.2) is 5.11 Å². The topological polar surface area (TPSA) is 20.2 Å². The first kappa shape index (κ1) is 6.78. The van der Waals surface area contributed by atoms with Gasteiger partial charge in [-0.3, -0.25) is 0 Å². The van der Waals surface area contributed by atoms with Gasteiger partial charge >= 0.3 is 0 Å². The van der Waals surface area contributed by atoms with Crippen LogP contribution in [0.1, 0.15) is 0 Å². The summed E-state index contributed by atoms with van der Waals surface area (Å²) in [4.78, 5) is 0.675. The van der Waals surface area contributed by atoms with Crippen LogP contribution in [0.4, 0.5) is 0 Å². The van der Waals surface area contributed by atoms with Crippen LogP contribution in [0.15, 0.2) is 23.1 Å². The van der Waals surface area contributed by atoms with Crippen molar-refractivity contribution in [2.45, 2.75) is 4.90 Å². The van der Waals surface area contributed by atoms with Crippen molar-refractivity contribution in [1.29, 1.82) is 0 Å². The van der Waals surface area contributed by atoms with E-state index in [0.29, 0.717) is 9.92 Å². The molecule has 0 atom stereocenters. The number of hydrogen-bond acceptors (Lipinski definition) is 2. The number of benzene rings is 1. The van der Waals surface area contributed by atoms with E-state index in [9.17, 15) is 0 Å². The van der Waals surface area contributed by atoms with Gasteiger partial charge in [0.15, 0.2) is 0 Å². The molecule has 1 aromatic carbocycles. The summed E-state index contributed by atoms with van der Waals surface area (Å²) in [6.07, 6.45) is 0. The van der Waals surface area contributed by atoms with Gasteiger partial charge < -0.3 is 5.11 Å². The molecule has 0 amide bonds. The molecule has 0 aliphatic carbocycles. The standard InChI is InChI=1S/C6H5ClOS/c7-5-3-4(8)1-2-6(5)9/h1-3,8-9H. The van der Waals surface area contributed by atoms with Gasteiger partial charge in [-0.25, -0.2) is 0 Å². The largest absolute Gasteiger partial charge is 0.508 e. The first-order valence-corrected chi connectivity index (χ1v) is 3.20. The minimum Gasteiger partial charge on any atom is -0.508 e. The fourth-order valence-electron chi connectivity index (χ4n) is 0.496. The van der Waals surface area contributed by atoms with Crippen LogP contribution in [0.3, 0.4) is 0 Å². The SMILES string of the molecule is Oc1ccc(S)c(Cl)c1. The fraction of sp³-hybridized carbons (Fsp3) is 0. The molecule has 0 bridgehead atoms. The number of rotatable bonds is 0. The van der Waals surface area contributed by atoms with Gasteiger partial charge in [0.1, 0.15) is 5.75 Å². The lowest BCUT2D eigenvalue weighted by Crippen LogP contribution is -1.67. The number of aromatic hydroxyl groups is 1. The molecule has 0 saturated carbocycles. The Hall–Kier alpha value is -0.340. The predicted molar refractivity (Wildman–Crippen MR) is 40.4 cm³/mol. The fourth-order valence-corrected chi connectivity index (χ4v) is 0.810. The molecule has 3 heteroatoms. The van der Waals surface area contributed by atoms with E-state index >= 15 is 0 Å². The lowest BCUT2D eigenvalue weighted by atomic mass is 10.3. The molecule has 0 spiro atoms. The molecule has 0 heterocycles. The third-order valence-corrected chi connectivity index (χ3v) is 1.77. The van der Waals surface area contributed by atoms with Crippen LogP contribution in [0, 0.1) is 0 Å². The molecule has 0 fully saturated rings. The van der Waals surface area contributed by atoms with Crippen molar-refractivity contribution in [3.05, 3.63) is 23.2 Å². The Labute approximate surface area is 63.7 Å². The van der Waals surface area contributed by atoms with E-state index in [1.807, 2.05) is 0 Å². The zero-order valence-corrected chi connectivity index (χ0v) is 6.15. The second-order valence-corrected chi connectivity index (χ2v) is 2.52. The predicted octanol–water partition coefficient (Wildman–Crippen LogP) is 2.33. The summed E-state index contributed by atoms with van der Waals surface area (Å²) in [5, 5.41) is 9.29. The van der Waals surface area contributed by atoms with Crippen LogP contribution in [0.5, 0.6) is 5.75 Å². The Bertz CT molecular complexity index is 224. The Morgan fingerprint density at radius 3 is 2.56 bits per heavy atom. The molecule has 0 aromatic heterocycles. The summed E-state index contributed by atoms with van der Waals surface area (Å²) < 4.78 is 0. The molecular formula is C6H5ClOS. The highest BCUT2D eigenvalue weighted by Crippen LogP contribution is 2.23. The van der Waals surface area contributed by atoms with Gasteiger partial charge in [-0.15, -0.1) is 12.6 Å². The molecule has 48 valence electrons. The molecule has 1 N–H and O–H groups in total. The molecule has 0 aliphatic heterocycles. The number of phenols is 1. The van der Waals surface area contributed by atoms with Crippen LogP contribution in [-0.2, 0) is 0 Å². The van der Waals surface area contributed by atoms with Gasteiger partial charge in [0.05, 0.1) is 5.02 Å². The minimum absolute atomic E-state index is 0.165. The van der Waals surface area contributed by atoms with Gasteiger partial charge in [-0.1, -0.05) is 11.6 Å². The van der Waals surface area contributed by atoms with Crippen LogP contribution >= 0.6 is 24.2 Å². The lowest BCUT2D eigenvalue weighted by molar-refractivity contribution is 0.475. The number of thiol groups is 1. The van der Waals surface area contributed by atoms with Crippen molar-refractivity contribution in [2.75, 3.05) is 0 Å². The molecule has 1 nitrogen and oxygen atoms in total. The molecule has 1 rings (SSSR count). The summed E-state index contributed by atoms with van der Waals surface area (Å²) in [6, 6.07) is 4.62. The molecule has 0 unspecified atom stereocenters. The monoisotopic (exact) mass is 160 g/mol. The van der Waals surface area contributed by atoms with E-state index in [-0.39, 0.29) is 5.75 Å². The Kier molecular flexibility index (Phi) is 1.88. The van der Waals surface area contributed by atoms with E-state index in [0.717, 1.165) is 0 Å². The van der Waals surface area contributed by atoms with Gasteiger partial charge in [0, 0.05) is 4.90 Å². The van der Waals surface area contributed by atoms with Crippen LogP contribution in [0.2, 0.25) is 5.02 Å². The summed E-state index contributed by atoms with van der Waals surface area (Å²) >= 11 is 9.58.